The molecule has 2 aliphatic heterocycles. The molecule has 0 aromatic heterocycles. The second-order valence-electron chi connectivity index (χ2n) is 7.23. The Morgan fingerprint density at radius 2 is 1.92 bits per heavy atom. The summed E-state index contributed by atoms with van der Waals surface area (Å²) >= 11 is 1.75. The number of aryl methyl sites for hydroxylation is 2. The Morgan fingerprint density at radius 1 is 1.12 bits per heavy atom. The zero-order chi connectivity index (χ0) is 18.1. The van der Waals surface area contributed by atoms with E-state index in [0.717, 1.165) is 12.3 Å². The standard InChI is InChI=1S/C21H25N3OS/c1-13-8-9-14(2)16(10-13)12-26-21-23-18-17(15-6-4-3-5-7-15)11-22-19(18)20(25)24-21/h3-10,17-19,21-23H,11-12H2,1-2H3,(H,24,25). The maximum atomic E-state index is 12.6. The quantitative estimate of drug-likeness (QED) is 0.778. The molecule has 2 aromatic carbocycles. The molecule has 5 heteroatoms. The highest BCUT2D eigenvalue weighted by atomic mass is 32.2. The largest absolute Gasteiger partial charge is 0.330 e. The molecule has 0 radical (unpaired) electrons. The first kappa shape index (κ1) is 17.6. The molecule has 0 spiro atoms. The van der Waals surface area contributed by atoms with Gasteiger partial charge in [-0.2, -0.15) is 0 Å². The van der Waals surface area contributed by atoms with E-state index in [1.807, 2.05) is 6.07 Å². The molecule has 26 heavy (non-hydrogen) atoms. The third kappa shape index (κ3) is 3.52. The molecule has 1 amide bonds. The Morgan fingerprint density at radius 3 is 2.73 bits per heavy atom. The van der Waals surface area contributed by atoms with Gasteiger partial charge < -0.3 is 10.6 Å². The van der Waals surface area contributed by atoms with Gasteiger partial charge in [-0.05, 0) is 30.5 Å². The molecular weight excluding hydrogens is 342 g/mol. The van der Waals surface area contributed by atoms with Crippen LogP contribution in [0.1, 0.15) is 28.2 Å². The van der Waals surface area contributed by atoms with Gasteiger partial charge >= 0.3 is 0 Å². The van der Waals surface area contributed by atoms with Crippen molar-refractivity contribution in [1.29, 1.82) is 0 Å². The van der Waals surface area contributed by atoms with E-state index in [1.165, 1.54) is 22.3 Å². The number of hydrogen-bond acceptors (Lipinski definition) is 4. The van der Waals surface area contributed by atoms with Gasteiger partial charge in [-0.1, -0.05) is 54.1 Å². The average molecular weight is 368 g/mol. The normalized spacial score (nSPS) is 27.8. The molecule has 0 aliphatic carbocycles. The number of benzene rings is 2. The number of nitrogens with one attached hydrogen (secondary N) is 3. The van der Waals surface area contributed by atoms with Crippen LogP contribution in [0.4, 0.5) is 0 Å². The van der Waals surface area contributed by atoms with Crippen LogP contribution >= 0.6 is 11.8 Å². The zero-order valence-corrected chi connectivity index (χ0v) is 16.0. The summed E-state index contributed by atoms with van der Waals surface area (Å²) in [5, 5.41) is 10.2. The smallest absolute Gasteiger partial charge is 0.240 e. The molecule has 136 valence electrons. The molecule has 2 aliphatic rings. The van der Waals surface area contributed by atoms with E-state index in [4.69, 9.17) is 0 Å². The molecule has 2 heterocycles. The Labute approximate surface area is 159 Å². The second-order valence-corrected chi connectivity index (χ2v) is 8.32. The predicted octanol–water partition coefficient (Wildman–Crippen LogP) is 2.66. The lowest BCUT2D eigenvalue weighted by Gasteiger charge is -2.35. The molecule has 4 nitrogen and oxygen atoms in total. The average Bonchev–Trinajstić information content (AvgIpc) is 3.08. The van der Waals surface area contributed by atoms with Crippen molar-refractivity contribution < 1.29 is 4.79 Å². The van der Waals surface area contributed by atoms with Gasteiger partial charge in [0.1, 0.15) is 11.5 Å². The van der Waals surface area contributed by atoms with Crippen molar-refractivity contribution in [1.82, 2.24) is 16.0 Å². The summed E-state index contributed by atoms with van der Waals surface area (Å²) < 4.78 is 0. The van der Waals surface area contributed by atoms with Gasteiger partial charge in [-0.25, -0.2) is 0 Å². The summed E-state index contributed by atoms with van der Waals surface area (Å²) in [6, 6.07) is 17.0. The van der Waals surface area contributed by atoms with E-state index >= 15 is 0 Å². The van der Waals surface area contributed by atoms with Crippen molar-refractivity contribution in [3.05, 3.63) is 70.8 Å². The van der Waals surface area contributed by atoms with E-state index in [2.05, 4.69) is 72.3 Å². The second kappa shape index (κ2) is 7.43. The summed E-state index contributed by atoms with van der Waals surface area (Å²) in [6.07, 6.45) is 0. The van der Waals surface area contributed by atoms with Gasteiger partial charge in [0, 0.05) is 24.3 Å². The van der Waals surface area contributed by atoms with Crippen LogP contribution in [-0.2, 0) is 10.5 Å². The van der Waals surface area contributed by atoms with Crippen LogP contribution in [0.5, 0.6) is 0 Å². The fourth-order valence-electron chi connectivity index (χ4n) is 3.89. The first-order valence-electron chi connectivity index (χ1n) is 9.14. The molecule has 3 N–H and O–H groups in total. The van der Waals surface area contributed by atoms with Gasteiger partial charge in [0.25, 0.3) is 0 Å². The summed E-state index contributed by atoms with van der Waals surface area (Å²) in [7, 11) is 0. The van der Waals surface area contributed by atoms with Crippen molar-refractivity contribution in [3.8, 4) is 0 Å². The summed E-state index contributed by atoms with van der Waals surface area (Å²) in [5.74, 6) is 1.30. The minimum atomic E-state index is -0.155. The van der Waals surface area contributed by atoms with E-state index in [-0.39, 0.29) is 23.5 Å². The minimum Gasteiger partial charge on any atom is -0.330 e. The molecule has 4 atom stereocenters. The molecule has 4 rings (SSSR count). The first-order chi connectivity index (χ1) is 12.6. The molecule has 2 fully saturated rings. The van der Waals surface area contributed by atoms with Crippen LogP contribution < -0.4 is 16.0 Å². The molecule has 0 saturated carbocycles. The third-order valence-electron chi connectivity index (χ3n) is 5.39. The van der Waals surface area contributed by atoms with Crippen molar-refractivity contribution in [3.63, 3.8) is 0 Å². The number of thioether (sulfide) groups is 1. The van der Waals surface area contributed by atoms with Gasteiger partial charge in [-0.3, -0.25) is 10.1 Å². The highest BCUT2D eigenvalue weighted by molar-refractivity contribution is 7.99. The van der Waals surface area contributed by atoms with Crippen LogP contribution in [0, 0.1) is 13.8 Å². The highest BCUT2D eigenvalue weighted by Gasteiger charge is 2.45. The van der Waals surface area contributed by atoms with E-state index in [1.54, 1.807) is 11.8 Å². The van der Waals surface area contributed by atoms with E-state index < -0.39 is 0 Å². The minimum absolute atomic E-state index is 0.0604. The van der Waals surface area contributed by atoms with Crippen molar-refractivity contribution >= 4 is 17.7 Å². The van der Waals surface area contributed by atoms with Crippen LogP contribution in [0.15, 0.2) is 48.5 Å². The number of rotatable bonds is 4. The van der Waals surface area contributed by atoms with Crippen molar-refractivity contribution in [2.24, 2.45) is 0 Å². The Balaban J connectivity index is 1.46. The van der Waals surface area contributed by atoms with E-state index in [0.29, 0.717) is 5.92 Å². The van der Waals surface area contributed by atoms with Crippen LogP contribution in [0.2, 0.25) is 0 Å². The van der Waals surface area contributed by atoms with Crippen LogP contribution in [0.25, 0.3) is 0 Å². The number of amides is 1. The lowest BCUT2D eigenvalue weighted by molar-refractivity contribution is -0.125. The summed E-state index contributed by atoms with van der Waals surface area (Å²) in [5.41, 5.74) is 5.13. The molecule has 2 saturated heterocycles. The highest BCUT2D eigenvalue weighted by Crippen LogP contribution is 2.30. The Kier molecular flexibility index (Phi) is 5.02. The lowest BCUT2D eigenvalue weighted by Crippen LogP contribution is -2.64. The monoisotopic (exact) mass is 367 g/mol. The first-order valence-corrected chi connectivity index (χ1v) is 10.2. The van der Waals surface area contributed by atoms with Crippen molar-refractivity contribution in [2.45, 2.75) is 43.1 Å². The third-order valence-corrected chi connectivity index (χ3v) is 6.45. The molecule has 4 unspecified atom stereocenters. The van der Waals surface area contributed by atoms with Gasteiger partial charge in [-0.15, -0.1) is 11.8 Å². The van der Waals surface area contributed by atoms with E-state index in [9.17, 15) is 4.79 Å². The maximum Gasteiger partial charge on any atom is 0.240 e. The van der Waals surface area contributed by atoms with Crippen molar-refractivity contribution in [2.75, 3.05) is 6.54 Å². The molecule has 0 bridgehead atoms. The van der Waals surface area contributed by atoms with Crippen LogP contribution in [-0.4, -0.2) is 30.0 Å². The molecular formula is C21H25N3OS. The van der Waals surface area contributed by atoms with Gasteiger partial charge in [0.2, 0.25) is 5.91 Å². The summed E-state index contributed by atoms with van der Waals surface area (Å²) in [6.45, 7) is 5.09. The Hall–Kier alpha value is -1.82. The van der Waals surface area contributed by atoms with Gasteiger partial charge in [0.05, 0.1) is 0 Å². The number of carbonyl (C=O) groups is 1. The number of hydrogen-bond donors (Lipinski definition) is 3. The maximum absolute atomic E-state index is 12.6. The fourth-order valence-corrected chi connectivity index (χ4v) is 5.00. The topological polar surface area (TPSA) is 53.2 Å². The Bertz CT molecular complexity index is 795. The summed E-state index contributed by atoms with van der Waals surface area (Å²) in [4.78, 5) is 12.6. The fraction of sp³-hybridized carbons (Fsp3) is 0.381. The van der Waals surface area contributed by atoms with Gasteiger partial charge in [0.15, 0.2) is 0 Å². The lowest BCUT2D eigenvalue weighted by atomic mass is 9.90. The van der Waals surface area contributed by atoms with Crippen LogP contribution in [0.3, 0.4) is 0 Å². The number of carbonyl (C=O) groups excluding carboxylic acids is 1. The number of fused-ring (bicyclic) bond motifs is 1. The molecule has 2 aromatic rings. The predicted molar refractivity (Wildman–Crippen MR) is 107 cm³/mol. The SMILES string of the molecule is Cc1ccc(C)c(CSC2NC(=O)C3NCC(c4ccccc4)C3N2)c1. The zero-order valence-electron chi connectivity index (χ0n) is 15.2.